The summed E-state index contributed by atoms with van der Waals surface area (Å²) in [4.78, 5) is 13.3. The first-order valence-electron chi connectivity index (χ1n) is 4.30. The smallest absolute Gasteiger partial charge is 0.238 e. The molecule has 1 unspecified atom stereocenters. The fraction of sp³-hybridized carbons (Fsp3) is 0.875. The number of amides is 1. The van der Waals surface area contributed by atoms with Gasteiger partial charge < -0.3 is 4.90 Å². The van der Waals surface area contributed by atoms with Crippen LogP contribution in [0.4, 0.5) is 0 Å². The van der Waals surface area contributed by atoms with Gasteiger partial charge in [0.1, 0.15) is 0 Å². The van der Waals surface area contributed by atoms with Crippen molar-refractivity contribution in [2.45, 2.75) is 25.3 Å². The Balaban J connectivity index is 2.05. The second-order valence-corrected chi connectivity index (χ2v) is 3.30. The van der Waals surface area contributed by atoms with Gasteiger partial charge in [0.25, 0.3) is 0 Å². The molecule has 1 radical (unpaired) electrons. The third-order valence-electron chi connectivity index (χ3n) is 2.53. The summed E-state index contributed by atoms with van der Waals surface area (Å²) in [6, 6.07) is 0.449. The summed E-state index contributed by atoms with van der Waals surface area (Å²) >= 11 is 0. The van der Waals surface area contributed by atoms with Crippen molar-refractivity contribution in [3.63, 3.8) is 0 Å². The molecule has 0 saturated carbocycles. The van der Waals surface area contributed by atoms with Crippen LogP contribution in [-0.4, -0.2) is 36.5 Å². The predicted molar refractivity (Wildman–Crippen MR) is 41.2 cm³/mol. The molecule has 2 rings (SSSR count). The number of piperidine rings is 1. The summed E-state index contributed by atoms with van der Waals surface area (Å²) in [5.74, 6) is 0.237. The van der Waals surface area contributed by atoms with Crippen molar-refractivity contribution >= 4 is 5.91 Å². The largest absolute Gasteiger partial charge is 0.337 e. The van der Waals surface area contributed by atoms with Crippen LogP contribution >= 0.6 is 0 Å². The quantitative estimate of drug-likeness (QED) is 0.482. The lowest BCUT2D eigenvalue weighted by Gasteiger charge is -2.38. The maximum Gasteiger partial charge on any atom is 0.238 e. The van der Waals surface area contributed by atoms with E-state index < -0.39 is 0 Å². The van der Waals surface area contributed by atoms with Crippen molar-refractivity contribution in [2.75, 3.05) is 19.6 Å². The van der Waals surface area contributed by atoms with Crippen molar-refractivity contribution in [3.05, 3.63) is 0 Å². The first-order chi connectivity index (χ1) is 5.38. The Morgan fingerprint density at radius 2 is 2.36 bits per heavy atom. The lowest BCUT2D eigenvalue weighted by atomic mass is 10.0. The molecule has 61 valence electrons. The van der Waals surface area contributed by atoms with Gasteiger partial charge in [-0.05, 0) is 19.3 Å². The lowest BCUT2D eigenvalue weighted by molar-refractivity contribution is -0.136. The molecule has 0 spiro atoms. The van der Waals surface area contributed by atoms with Gasteiger partial charge in [-0.25, -0.2) is 5.32 Å². The SMILES string of the molecule is O=C1C[N]CC2CCCCN12. The minimum absolute atomic E-state index is 0.237. The van der Waals surface area contributed by atoms with Crippen LogP contribution < -0.4 is 5.32 Å². The number of rotatable bonds is 0. The number of carbonyl (C=O) groups excluding carboxylic acids is 1. The molecule has 1 amide bonds. The zero-order valence-electron chi connectivity index (χ0n) is 6.62. The Hall–Kier alpha value is -0.570. The van der Waals surface area contributed by atoms with E-state index in [-0.39, 0.29) is 5.91 Å². The Morgan fingerprint density at radius 1 is 1.45 bits per heavy atom. The molecule has 0 bridgehead atoms. The summed E-state index contributed by atoms with van der Waals surface area (Å²) in [6.07, 6.45) is 3.61. The van der Waals surface area contributed by atoms with E-state index >= 15 is 0 Å². The van der Waals surface area contributed by atoms with E-state index in [1.165, 1.54) is 12.8 Å². The first kappa shape index (κ1) is 7.10. The van der Waals surface area contributed by atoms with Crippen LogP contribution in [0.3, 0.4) is 0 Å². The molecule has 2 heterocycles. The highest BCUT2D eigenvalue weighted by Crippen LogP contribution is 2.18. The van der Waals surface area contributed by atoms with Gasteiger partial charge in [-0.1, -0.05) is 0 Å². The van der Waals surface area contributed by atoms with Crippen LogP contribution in [0.15, 0.2) is 0 Å². The number of fused-ring (bicyclic) bond motifs is 1. The average Bonchev–Trinajstić information content (AvgIpc) is 2.06. The third-order valence-corrected chi connectivity index (χ3v) is 2.53. The maximum atomic E-state index is 11.3. The Bertz CT molecular complexity index is 167. The van der Waals surface area contributed by atoms with Crippen molar-refractivity contribution in [1.29, 1.82) is 0 Å². The highest BCUT2D eigenvalue weighted by atomic mass is 16.2. The molecule has 3 nitrogen and oxygen atoms in total. The van der Waals surface area contributed by atoms with Crippen molar-refractivity contribution in [3.8, 4) is 0 Å². The molecule has 0 aromatic carbocycles. The molecular weight excluding hydrogens is 140 g/mol. The molecule has 1 atom stereocenters. The molecule has 2 fully saturated rings. The van der Waals surface area contributed by atoms with Crippen molar-refractivity contribution < 1.29 is 4.79 Å². The second-order valence-electron chi connectivity index (χ2n) is 3.30. The Morgan fingerprint density at radius 3 is 3.18 bits per heavy atom. The molecule has 2 aliphatic rings. The molecule has 3 heteroatoms. The van der Waals surface area contributed by atoms with Gasteiger partial charge in [-0.15, -0.1) is 0 Å². The average molecular weight is 153 g/mol. The maximum absolute atomic E-state index is 11.3. The van der Waals surface area contributed by atoms with Crippen LogP contribution in [0, 0.1) is 0 Å². The van der Waals surface area contributed by atoms with Crippen LogP contribution in [0.1, 0.15) is 19.3 Å². The molecule has 0 aromatic rings. The minimum Gasteiger partial charge on any atom is -0.337 e. The third kappa shape index (κ3) is 1.25. The number of hydrogen-bond acceptors (Lipinski definition) is 1. The van der Waals surface area contributed by atoms with Gasteiger partial charge in [-0.3, -0.25) is 4.79 Å². The Labute approximate surface area is 66.8 Å². The number of nitrogens with zero attached hydrogens (tertiary/aromatic N) is 2. The van der Waals surface area contributed by atoms with Crippen LogP contribution in [0.2, 0.25) is 0 Å². The van der Waals surface area contributed by atoms with E-state index in [1.807, 2.05) is 4.90 Å². The molecule has 11 heavy (non-hydrogen) atoms. The second kappa shape index (κ2) is 2.81. The molecule has 0 aromatic heterocycles. The number of hydrogen-bond donors (Lipinski definition) is 0. The zero-order chi connectivity index (χ0) is 7.68. The monoisotopic (exact) mass is 153 g/mol. The van der Waals surface area contributed by atoms with E-state index in [9.17, 15) is 4.79 Å². The highest BCUT2D eigenvalue weighted by molar-refractivity contribution is 5.79. The summed E-state index contributed by atoms with van der Waals surface area (Å²) < 4.78 is 0. The molecule has 0 N–H and O–H groups in total. The fourth-order valence-electron chi connectivity index (χ4n) is 1.92. The molecule has 2 aliphatic heterocycles. The summed E-state index contributed by atoms with van der Waals surface area (Å²) in [5, 5.41) is 4.15. The number of carbonyl (C=O) groups is 1. The van der Waals surface area contributed by atoms with Crippen molar-refractivity contribution in [2.24, 2.45) is 0 Å². The molecular formula is C8H13N2O. The van der Waals surface area contributed by atoms with Crippen LogP contribution in [0.5, 0.6) is 0 Å². The highest BCUT2D eigenvalue weighted by Gasteiger charge is 2.29. The Kier molecular flexibility index (Phi) is 1.82. The van der Waals surface area contributed by atoms with E-state index in [1.54, 1.807) is 0 Å². The van der Waals surface area contributed by atoms with Crippen molar-refractivity contribution in [1.82, 2.24) is 10.2 Å². The van der Waals surface area contributed by atoms with E-state index in [0.29, 0.717) is 12.6 Å². The van der Waals surface area contributed by atoms with Gasteiger partial charge in [-0.2, -0.15) is 0 Å². The number of piperazine rings is 1. The zero-order valence-corrected chi connectivity index (χ0v) is 6.62. The standard InChI is InChI=1S/C8H13N2O/c11-8-6-9-5-7-3-1-2-4-10(7)8/h7H,1-6H2. The van der Waals surface area contributed by atoms with Gasteiger partial charge in [0.15, 0.2) is 0 Å². The van der Waals surface area contributed by atoms with Gasteiger partial charge >= 0.3 is 0 Å². The minimum atomic E-state index is 0.237. The summed E-state index contributed by atoms with van der Waals surface area (Å²) in [7, 11) is 0. The van der Waals surface area contributed by atoms with E-state index in [2.05, 4.69) is 5.32 Å². The molecule has 0 aliphatic carbocycles. The summed E-state index contributed by atoms with van der Waals surface area (Å²) in [5.41, 5.74) is 0. The lowest BCUT2D eigenvalue weighted by Crippen LogP contribution is -2.54. The van der Waals surface area contributed by atoms with E-state index in [4.69, 9.17) is 0 Å². The molecule has 2 saturated heterocycles. The van der Waals surface area contributed by atoms with Crippen LogP contribution in [-0.2, 0) is 4.79 Å². The van der Waals surface area contributed by atoms with Gasteiger partial charge in [0.05, 0.1) is 6.54 Å². The van der Waals surface area contributed by atoms with Crippen LogP contribution in [0.25, 0.3) is 0 Å². The fourth-order valence-corrected chi connectivity index (χ4v) is 1.92. The van der Waals surface area contributed by atoms with Gasteiger partial charge in [0, 0.05) is 19.1 Å². The predicted octanol–water partition coefficient (Wildman–Crippen LogP) is -0.0145. The topological polar surface area (TPSA) is 34.4 Å². The normalized spacial score (nSPS) is 31.8. The van der Waals surface area contributed by atoms with E-state index in [0.717, 1.165) is 19.5 Å². The first-order valence-corrected chi connectivity index (χ1v) is 4.30. The van der Waals surface area contributed by atoms with Gasteiger partial charge in [0.2, 0.25) is 5.91 Å². The summed E-state index contributed by atoms with van der Waals surface area (Å²) in [6.45, 7) is 2.28.